The number of nitrogens with two attached hydrogens (primary N) is 1. The lowest BCUT2D eigenvalue weighted by Crippen LogP contribution is -2.51. The van der Waals surface area contributed by atoms with E-state index < -0.39 is 5.67 Å². The molecule has 0 bridgehead atoms. The van der Waals surface area contributed by atoms with Crippen molar-refractivity contribution in [3.63, 3.8) is 0 Å². The summed E-state index contributed by atoms with van der Waals surface area (Å²) in [4.78, 5) is 0. The lowest BCUT2D eigenvalue weighted by atomic mass is 9.74. The Bertz CT molecular complexity index is 289. The van der Waals surface area contributed by atoms with Gasteiger partial charge in [-0.05, 0) is 37.5 Å². The minimum Gasteiger partial charge on any atom is -0.378 e. The second-order valence-corrected chi connectivity index (χ2v) is 5.93. The van der Waals surface area contributed by atoms with Gasteiger partial charge in [0.2, 0.25) is 0 Å². The van der Waals surface area contributed by atoms with E-state index in [-0.39, 0.29) is 24.0 Å². The molecule has 2 aliphatic heterocycles. The summed E-state index contributed by atoms with van der Waals surface area (Å²) in [6.45, 7) is 2.21. The highest BCUT2D eigenvalue weighted by molar-refractivity contribution is 5.04. The molecule has 2 saturated heterocycles. The molecule has 3 aliphatic rings. The Kier molecular flexibility index (Phi) is 2.92. The van der Waals surface area contributed by atoms with Crippen LogP contribution in [0.2, 0.25) is 0 Å². The zero-order valence-electron chi connectivity index (χ0n) is 10.3. The van der Waals surface area contributed by atoms with E-state index in [9.17, 15) is 0 Å². The fourth-order valence-electron chi connectivity index (χ4n) is 3.53. The monoisotopic (exact) mass is 243 g/mol. The number of hydrogen-bond donors (Lipinski definition) is 1. The maximum Gasteiger partial charge on any atom is 0.129 e. The summed E-state index contributed by atoms with van der Waals surface area (Å²) in [6.07, 6.45) is 4.53. The highest BCUT2D eigenvalue weighted by atomic mass is 19.1. The third-order valence-corrected chi connectivity index (χ3v) is 4.81. The molecular weight excluding hydrogens is 221 g/mol. The highest BCUT2D eigenvalue weighted by Crippen LogP contribution is 2.51. The third-order valence-electron chi connectivity index (χ3n) is 4.81. The molecule has 0 aromatic carbocycles. The molecule has 0 aromatic rings. The molecule has 1 spiro atoms. The maximum atomic E-state index is 15.0. The van der Waals surface area contributed by atoms with Crippen molar-refractivity contribution in [2.45, 2.75) is 43.4 Å². The third kappa shape index (κ3) is 2.00. The van der Waals surface area contributed by atoms with Gasteiger partial charge in [0.25, 0.3) is 0 Å². The van der Waals surface area contributed by atoms with Crippen LogP contribution in [0.25, 0.3) is 0 Å². The van der Waals surface area contributed by atoms with Crippen LogP contribution < -0.4 is 5.73 Å². The maximum absolute atomic E-state index is 15.0. The second-order valence-electron chi connectivity index (χ2n) is 5.93. The molecular formula is C13H22FNO2. The van der Waals surface area contributed by atoms with E-state index >= 15 is 4.39 Å². The van der Waals surface area contributed by atoms with Crippen molar-refractivity contribution < 1.29 is 13.9 Å². The van der Waals surface area contributed by atoms with Crippen molar-refractivity contribution in [2.24, 2.45) is 17.6 Å². The molecule has 0 radical (unpaired) electrons. The topological polar surface area (TPSA) is 44.5 Å². The highest BCUT2D eigenvalue weighted by Gasteiger charge is 2.54. The molecule has 3 fully saturated rings. The molecule has 1 aliphatic carbocycles. The summed E-state index contributed by atoms with van der Waals surface area (Å²) in [5.74, 6) is 0.269. The number of hydrogen-bond acceptors (Lipinski definition) is 3. The van der Waals surface area contributed by atoms with Gasteiger partial charge in [-0.3, -0.25) is 0 Å². The van der Waals surface area contributed by atoms with E-state index in [0.717, 1.165) is 38.7 Å². The Balaban J connectivity index is 1.74. The number of halogens is 1. The van der Waals surface area contributed by atoms with Crippen LogP contribution in [-0.2, 0) is 9.47 Å². The summed E-state index contributed by atoms with van der Waals surface area (Å²) in [6, 6.07) is 0. The Morgan fingerprint density at radius 1 is 1.24 bits per heavy atom. The first-order valence-corrected chi connectivity index (χ1v) is 6.79. The molecule has 3 atom stereocenters. The van der Waals surface area contributed by atoms with Gasteiger partial charge >= 0.3 is 0 Å². The summed E-state index contributed by atoms with van der Waals surface area (Å²) < 4.78 is 26.3. The Labute approximate surface area is 102 Å². The smallest absolute Gasteiger partial charge is 0.129 e. The molecule has 3 nitrogen and oxygen atoms in total. The molecule has 3 rings (SSSR count). The first kappa shape index (κ1) is 11.9. The van der Waals surface area contributed by atoms with Crippen LogP contribution in [0, 0.1) is 11.8 Å². The van der Waals surface area contributed by atoms with Crippen LogP contribution in [0.4, 0.5) is 4.39 Å². The molecule has 0 amide bonds. The minimum absolute atomic E-state index is 0.0652. The molecule has 2 heterocycles. The van der Waals surface area contributed by atoms with E-state index in [1.54, 1.807) is 0 Å². The molecule has 3 unspecified atom stereocenters. The van der Waals surface area contributed by atoms with E-state index in [1.165, 1.54) is 0 Å². The summed E-state index contributed by atoms with van der Waals surface area (Å²) >= 11 is 0. The van der Waals surface area contributed by atoms with Crippen molar-refractivity contribution in [1.29, 1.82) is 0 Å². The van der Waals surface area contributed by atoms with Gasteiger partial charge in [-0.1, -0.05) is 0 Å². The standard InChI is InChI=1S/C13H22FNO2/c14-13(8-15,10-1-2-10)11-3-5-17-12(7-11)4-6-16-9-12/h10-11H,1-9,15H2. The molecule has 0 aromatic heterocycles. The van der Waals surface area contributed by atoms with E-state index in [4.69, 9.17) is 15.2 Å². The number of ether oxygens (including phenoxy) is 2. The van der Waals surface area contributed by atoms with Crippen LogP contribution in [0.15, 0.2) is 0 Å². The fourth-order valence-corrected chi connectivity index (χ4v) is 3.53. The van der Waals surface area contributed by atoms with Gasteiger partial charge < -0.3 is 15.2 Å². The van der Waals surface area contributed by atoms with Crippen LogP contribution >= 0.6 is 0 Å². The molecule has 17 heavy (non-hydrogen) atoms. The van der Waals surface area contributed by atoms with Crippen LogP contribution in [0.3, 0.4) is 0 Å². The van der Waals surface area contributed by atoms with E-state index in [1.807, 2.05) is 0 Å². The van der Waals surface area contributed by atoms with Gasteiger partial charge in [0.15, 0.2) is 0 Å². The zero-order valence-corrected chi connectivity index (χ0v) is 10.3. The van der Waals surface area contributed by atoms with Gasteiger partial charge in [-0.25, -0.2) is 4.39 Å². The lowest BCUT2D eigenvalue weighted by molar-refractivity contribution is -0.127. The van der Waals surface area contributed by atoms with E-state index in [0.29, 0.717) is 13.2 Å². The van der Waals surface area contributed by atoms with Crippen molar-refractivity contribution in [3.05, 3.63) is 0 Å². The van der Waals surface area contributed by atoms with Crippen molar-refractivity contribution in [2.75, 3.05) is 26.4 Å². The normalized spacial score (nSPS) is 41.6. The van der Waals surface area contributed by atoms with Gasteiger partial charge in [-0.2, -0.15) is 0 Å². The quantitative estimate of drug-likeness (QED) is 0.819. The fraction of sp³-hybridized carbons (Fsp3) is 1.00. The van der Waals surface area contributed by atoms with Crippen molar-refractivity contribution in [3.8, 4) is 0 Å². The Hall–Kier alpha value is -0.190. The van der Waals surface area contributed by atoms with Gasteiger partial charge in [0.1, 0.15) is 5.67 Å². The van der Waals surface area contributed by atoms with Crippen molar-refractivity contribution >= 4 is 0 Å². The van der Waals surface area contributed by atoms with Crippen LogP contribution in [0.5, 0.6) is 0 Å². The Morgan fingerprint density at radius 3 is 2.65 bits per heavy atom. The summed E-state index contributed by atoms with van der Waals surface area (Å²) in [5.41, 5.74) is 4.36. The predicted molar refractivity (Wildman–Crippen MR) is 62.5 cm³/mol. The lowest BCUT2D eigenvalue weighted by Gasteiger charge is -2.43. The minimum atomic E-state index is -1.15. The van der Waals surface area contributed by atoms with Gasteiger partial charge in [0, 0.05) is 26.2 Å². The predicted octanol–water partition coefficient (Wildman–Crippen LogP) is 1.65. The number of alkyl halides is 1. The van der Waals surface area contributed by atoms with Crippen molar-refractivity contribution in [1.82, 2.24) is 0 Å². The van der Waals surface area contributed by atoms with Crippen LogP contribution in [0.1, 0.15) is 32.1 Å². The SMILES string of the molecule is NCC(F)(C1CC1)C1CCOC2(CCOC2)C1. The van der Waals surface area contributed by atoms with Crippen LogP contribution in [-0.4, -0.2) is 37.6 Å². The number of rotatable bonds is 3. The first-order chi connectivity index (χ1) is 8.19. The zero-order chi connectivity index (χ0) is 11.9. The molecule has 2 N–H and O–H groups in total. The first-order valence-electron chi connectivity index (χ1n) is 6.79. The molecule has 98 valence electrons. The largest absolute Gasteiger partial charge is 0.378 e. The molecule has 1 saturated carbocycles. The average molecular weight is 243 g/mol. The summed E-state index contributed by atoms with van der Waals surface area (Å²) in [7, 11) is 0. The van der Waals surface area contributed by atoms with E-state index in [2.05, 4.69) is 0 Å². The Morgan fingerprint density at radius 2 is 2.06 bits per heavy atom. The van der Waals surface area contributed by atoms with Gasteiger partial charge in [0.05, 0.1) is 12.2 Å². The molecule has 4 heteroatoms. The second kappa shape index (κ2) is 4.18. The van der Waals surface area contributed by atoms with Gasteiger partial charge in [-0.15, -0.1) is 0 Å². The summed E-state index contributed by atoms with van der Waals surface area (Å²) in [5, 5.41) is 0. The average Bonchev–Trinajstić information content (AvgIpc) is 3.13.